The van der Waals surface area contributed by atoms with E-state index in [1.54, 1.807) is 12.3 Å². The number of sulfone groups is 1. The first-order chi connectivity index (χ1) is 8.94. The van der Waals surface area contributed by atoms with Crippen LogP contribution in [-0.2, 0) is 16.4 Å². The minimum atomic E-state index is -2.92. The van der Waals surface area contributed by atoms with Crippen LogP contribution in [0.2, 0.25) is 0 Å². The Bertz CT molecular complexity index is 543. The van der Waals surface area contributed by atoms with Crippen molar-refractivity contribution >= 4 is 15.7 Å². The fourth-order valence-electron chi connectivity index (χ4n) is 1.54. The summed E-state index contributed by atoms with van der Waals surface area (Å²) in [5.41, 5.74) is 6.72. The van der Waals surface area contributed by atoms with Crippen molar-refractivity contribution in [2.24, 2.45) is 10.9 Å². The van der Waals surface area contributed by atoms with E-state index in [1.807, 2.05) is 6.07 Å². The summed E-state index contributed by atoms with van der Waals surface area (Å²) in [5.74, 6) is 0.105. The van der Waals surface area contributed by atoms with E-state index in [1.165, 1.54) is 6.26 Å². The van der Waals surface area contributed by atoms with Crippen LogP contribution in [0.1, 0.15) is 17.7 Å². The number of nitrogens with two attached hydrogens (primary N) is 1. The number of pyridine rings is 1. The highest BCUT2D eigenvalue weighted by molar-refractivity contribution is 7.90. The van der Waals surface area contributed by atoms with Gasteiger partial charge in [0.2, 0.25) is 0 Å². The molecule has 1 aromatic heterocycles. The Balaban J connectivity index is 2.50. The van der Waals surface area contributed by atoms with Gasteiger partial charge in [0.05, 0.1) is 5.75 Å². The number of nitrogens with zero attached hydrogens (tertiary/aromatic N) is 2. The lowest BCUT2D eigenvalue weighted by Gasteiger charge is -2.08. The topological polar surface area (TPSA) is 118 Å². The second-order valence-electron chi connectivity index (χ2n) is 4.16. The minimum Gasteiger partial charge on any atom is -0.409 e. The fourth-order valence-corrected chi connectivity index (χ4v) is 2.21. The van der Waals surface area contributed by atoms with E-state index in [0.717, 1.165) is 5.56 Å². The van der Waals surface area contributed by atoms with Gasteiger partial charge in [0.15, 0.2) is 5.84 Å². The maximum atomic E-state index is 10.9. The number of rotatable bonds is 7. The van der Waals surface area contributed by atoms with Crippen molar-refractivity contribution in [3.05, 3.63) is 29.6 Å². The Hall–Kier alpha value is -1.67. The Labute approximate surface area is 112 Å². The summed E-state index contributed by atoms with van der Waals surface area (Å²) in [6, 6.07) is 3.56. The average molecular weight is 286 g/mol. The number of aromatic nitrogens is 1. The molecule has 0 saturated heterocycles. The Kier molecular flexibility index (Phi) is 5.71. The van der Waals surface area contributed by atoms with Crippen LogP contribution < -0.4 is 11.1 Å². The Morgan fingerprint density at radius 2 is 2.32 bits per heavy atom. The summed E-state index contributed by atoms with van der Waals surface area (Å²) in [6.45, 7) is 1.04. The van der Waals surface area contributed by atoms with E-state index >= 15 is 0 Å². The van der Waals surface area contributed by atoms with Gasteiger partial charge in [-0.1, -0.05) is 11.2 Å². The molecule has 1 aromatic rings. The quantitative estimate of drug-likeness (QED) is 0.208. The molecular weight excluding hydrogens is 268 g/mol. The van der Waals surface area contributed by atoms with E-state index in [2.05, 4.69) is 15.5 Å². The van der Waals surface area contributed by atoms with Crippen LogP contribution in [0, 0.1) is 0 Å². The molecule has 0 bridgehead atoms. The zero-order valence-corrected chi connectivity index (χ0v) is 11.5. The SMILES string of the molecule is CS(=O)(=O)CCCNCc1cccnc1C(N)=NO. The standard InChI is InChI=1S/C11H18N4O3S/c1-19(17,18)7-3-5-13-8-9-4-2-6-14-10(9)11(12)15-16/h2,4,6,13,16H,3,5,7-8H2,1H3,(H2,12,15). The van der Waals surface area contributed by atoms with Crippen LogP contribution in [0.5, 0.6) is 0 Å². The van der Waals surface area contributed by atoms with Crippen molar-refractivity contribution in [3.63, 3.8) is 0 Å². The largest absolute Gasteiger partial charge is 0.409 e. The highest BCUT2D eigenvalue weighted by Crippen LogP contribution is 2.04. The van der Waals surface area contributed by atoms with Crippen molar-refractivity contribution < 1.29 is 13.6 Å². The molecule has 106 valence electrons. The van der Waals surface area contributed by atoms with Gasteiger partial charge in [-0.25, -0.2) is 8.42 Å². The van der Waals surface area contributed by atoms with E-state index in [4.69, 9.17) is 10.9 Å². The maximum absolute atomic E-state index is 10.9. The molecule has 0 fully saturated rings. The Morgan fingerprint density at radius 3 is 2.95 bits per heavy atom. The second-order valence-corrected chi connectivity index (χ2v) is 6.42. The zero-order chi connectivity index (χ0) is 14.3. The third-order valence-corrected chi connectivity index (χ3v) is 3.46. The third-order valence-electron chi connectivity index (χ3n) is 2.43. The molecule has 7 nitrogen and oxygen atoms in total. The predicted molar refractivity (Wildman–Crippen MR) is 72.8 cm³/mol. The van der Waals surface area contributed by atoms with E-state index in [9.17, 15) is 8.42 Å². The van der Waals surface area contributed by atoms with E-state index in [-0.39, 0.29) is 11.6 Å². The maximum Gasteiger partial charge on any atom is 0.189 e. The fraction of sp³-hybridized carbons (Fsp3) is 0.455. The molecule has 8 heteroatoms. The van der Waals surface area contributed by atoms with Gasteiger partial charge >= 0.3 is 0 Å². The molecule has 4 N–H and O–H groups in total. The summed E-state index contributed by atoms with van der Waals surface area (Å²) < 4.78 is 21.9. The molecule has 0 aromatic carbocycles. The molecule has 0 aliphatic rings. The number of amidine groups is 1. The van der Waals surface area contributed by atoms with Crippen molar-refractivity contribution in [1.82, 2.24) is 10.3 Å². The van der Waals surface area contributed by atoms with Gasteiger partial charge in [-0.15, -0.1) is 0 Å². The van der Waals surface area contributed by atoms with Gasteiger partial charge in [0.1, 0.15) is 15.5 Å². The summed E-state index contributed by atoms with van der Waals surface area (Å²) in [5, 5.41) is 14.7. The van der Waals surface area contributed by atoms with Gasteiger partial charge in [-0.05, 0) is 24.6 Å². The van der Waals surface area contributed by atoms with Crippen LogP contribution in [-0.4, -0.2) is 43.0 Å². The summed E-state index contributed by atoms with van der Waals surface area (Å²) in [6.07, 6.45) is 3.31. The van der Waals surface area contributed by atoms with Crippen molar-refractivity contribution in [2.75, 3.05) is 18.6 Å². The monoisotopic (exact) mass is 286 g/mol. The van der Waals surface area contributed by atoms with Crippen molar-refractivity contribution in [1.29, 1.82) is 0 Å². The lowest BCUT2D eigenvalue weighted by Crippen LogP contribution is -2.22. The molecule has 0 atom stereocenters. The summed E-state index contributed by atoms with van der Waals surface area (Å²) in [7, 11) is -2.92. The number of hydrogen-bond donors (Lipinski definition) is 3. The highest BCUT2D eigenvalue weighted by atomic mass is 32.2. The first-order valence-corrected chi connectivity index (χ1v) is 7.80. The zero-order valence-electron chi connectivity index (χ0n) is 10.7. The average Bonchev–Trinajstić information content (AvgIpc) is 2.36. The number of oxime groups is 1. The molecule has 0 saturated carbocycles. The van der Waals surface area contributed by atoms with Crippen LogP contribution in [0.15, 0.2) is 23.5 Å². The Morgan fingerprint density at radius 1 is 1.58 bits per heavy atom. The smallest absolute Gasteiger partial charge is 0.189 e. The van der Waals surface area contributed by atoms with Crippen molar-refractivity contribution in [2.45, 2.75) is 13.0 Å². The van der Waals surface area contributed by atoms with Gasteiger partial charge in [0, 0.05) is 19.0 Å². The predicted octanol–water partition coefficient (Wildman–Crippen LogP) is -0.300. The lowest BCUT2D eigenvalue weighted by molar-refractivity contribution is 0.318. The number of nitrogens with one attached hydrogen (secondary N) is 1. The van der Waals surface area contributed by atoms with Crippen LogP contribution in [0.25, 0.3) is 0 Å². The van der Waals surface area contributed by atoms with Gasteiger partial charge in [-0.3, -0.25) is 4.98 Å². The highest BCUT2D eigenvalue weighted by Gasteiger charge is 2.07. The minimum absolute atomic E-state index is 0.0477. The molecule has 0 aliphatic carbocycles. The van der Waals surface area contributed by atoms with E-state index < -0.39 is 9.84 Å². The van der Waals surface area contributed by atoms with Crippen molar-refractivity contribution in [3.8, 4) is 0 Å². The molecule has 0 amide bonds. The molecule has 0 unspecified atom stereocenters. The van der Waals surface area contributed by atoms with Gasteiger partial charge < -0.3 is 16.3 Å². The first kappa shape index (κ1) is 15.4. The normalized spacial score (nSPS) is 12.6. The molecule has 1 heterocycles. The third kappa shape index (κ3) is 5.66. The first-order valence-electron chi connectivity index (χ1n) is 5.74. The van der Waals surface area contributed by atoms with Crippen LogP contribution in [0.4, 0.5) is 0 Å². The molecular formula is C11H18N4O3S. The van der Waals surface area contributed by atoms with E-state index in [0.29, 0.717) is 25.2 Å². The molecule has 1 rings (SSSR count). The summed E-state index contributed by atoms with van der Waals surface area (Å²) >= 11 is 0. The molecule has 19 heavy (non-hydrogen) atoms. The van der Waals surface area contributed by atoms with Crippen LogP contribution >= 0.6 is 0 Å². The van der Waals surface area contributed by atoms with Gasteiger partial charge in [-0.2, -0.15) is 0 Å². The lowest BCUT2D eigenvalue weighted by atomic mass is 10.2. The molecule has 0 radical (unpaired) electrons. The second kappa shape index (κ2) is 7.05. The summed E-state index contributed by atoms with van der Waals surface area (Å²) in [4.78, 5) is 4.04. The van der Waals surface area contributed by atoms with Crippen LogP contribution in [0.3, 0.4) is 0 Å². The van der Waals surface area contributed by atoms with Gasteiger partial charge in [0.25, 0.3) is 0 Å². The molecule has 0 aliphatic heterocycles. The molecule has 0 spiro atoms. The number of hydrogen-bond acceptors (Lipinski definition) is 6.